The molecule has 0 bridgehead atoms. The van der Waals surface area contributed by atoms with Crippen LogP contribution in [0.5, 0.6) is 0 Å². The van der Waals surface area contributed by atoms with Gasteiger partial charge in [0.05, 0.1) is 5.69 Å². The number of carboxylic acids is 1. The highest BCUT2D eigenvalue weighted by Crippen LogP contribution is 2.10. The molecule has 0 aromatic carbocycles. The highest BCUT2D eigenvalue weighted by molar-refractivity contribution is 5.85. The minimum atomic E-state index is -0.988. The molecular weight excluding hydrogens is 204 g/mol. The Bertz CT molecular complexity index is 370. The number of pyridine rings is 1. The molecule has 0 spiro atoms. The van der Waals surface area contributed by atoms with E-state index in [9.17, 15) is 4.79 Å². The van der Waals surface area contributed by atoms with Gasteiger partial charge in [-0.1, -0.05) is 26.8 Å². The number of carboxylic acid groups (broad SMARTS) is 1. The van der Waals surface area contributed by atoms with E-state index in [1.54, 1.807) is 6.07 Å². The summed E-state index contributed by atoms with van der Waals surface area (Å²) in [6.45, 7) is 7.88. The second-order valence-corrected chi connectivity index (χ2v) is 4.98. The van der Waals surface area contributed by atoms with Crippen LogP contribution in [0.3, 0.4) is 0 Å². The summed E-state index contributed by atoms with van der Waals surface area (Å²) in [6, 6.07) is 5.03. The van der Waals surface area contributed by atoms with Gasteiger partial charge in [-0.25, -0.2) is 9.78 Å². The number of rotatable bonds is 4. The molecule has 0 aliphatic heterocycles. The van der Waals surface area contributed by atoms with Crippen LogP contribution >= 0.6 is 0 Å². The molecule has 4 heteroatoms. The maximum atomic E-state index is 10.7. The molecule has 0 atom stereocenters. The lowest BCUT2D eigenvalue weighted by atomic mass is 9.97. The zero-order valence-corrected chi connectivity index (χ0v) is 9.95. The van der Waals surface area contributed by atoms with Gasteiger partial charge in [0.1, 0.15) is 5.69 Å². The minimum absolute atomic E-state index is 0.0926. The summed E-state index contributed by atoms with van der Waals surface area (Å²) in [5.41, 5.74) is 1.06. The first kappa shape index (κ1) is 12.6. The fourth-order valence-corrected chi connectivity index (χ4v) is 1.26. The van der Waals surface area contributed by atoms with Crippen LogP contribution in [0.15, 0.2) is 18.2 Å². The number of hydrogen-bond acceptors (Lipinski definition) is 3. The van der Waals surface area contributed by atoms with Gasteiger partial charge in [0.25, 0.3) is 0 Å². The standard InChI is InChI=1S/C12H18N2O2/c1-12(2,3)8-13-7-9-5-4-6-10(14-9)11(15)16/h4-6,13H,7-8H2,1-3H3,(H,15,16). The van der Waals surface area contributed by atoms with Gasteiger partial charge >= 0.3 is 5.97 Å². The van der Waals surface area contributed by atoms with E-state index in [0.717, 1.165) is 12.2 Å². The minimum Gasteiger partial charge on any atom is -0.477 e. The summed E-state index contributed by atoms with van der Waals surface area (Å²) in [7, 11) is 0. The van der Waals surface area contributed by atoms with Crippen molar-refractivity contribution in [2.45, 2.75) is 27.3 Å². The van der Waals surface area contributed by atoms with Gasteiger partial charge in [-0.05, 0) is 17.5 Å². The first-order valence-corrected chi connectivity index (χ1v) is 5.28. The fourth-order valence-electron chi connectivity index (χ4n) is 1.26. The predicted molar refractivity (Wildman–Crippen MR) is 62.4 cm³/mol. The molecule has 1 rings (SSSR count). The number of nitrogens with zero attached hydrogens (tertiary/aromatic N) is 1. The highest BCUT2D eigenvalue weighted by atomic mass is 16.4. The summed E-state index contributed by atoms with van der Waals surface area (Å²) in [6.07, 6.45) is 0. The van der Waals surface area contributed by atoms with Crippen LogP contribution in [0.25, 0.3) is 0 Å². The molecular formula is C12H18N2O2. The molecule has 0 amide bonds. The average molecular weight is 222 g/mol. The molecule has 2 N–H and O–H groups in total. The van der Waals surface area contributed by atoms with E-state index in [-0.39, 0.29) is 11.1 Å². The number of carbonyl (C=O) groups is 1. The maximum absolute atomic E-state index is 10.7. The quantitative estimate of drug-likeness (QED) is 0.817. The van der Waals surface area contributed by atoms with Crippen LogP contribution in [0, 0.1) is 5.41 Å². The molecule has 1 aromatic rings. The molecule has 0 aliphatic rings. The van der Waals surface area contributed by atoms with Crippen LogP contribution in [0.2, 0.25) is 0 Å². The SMILES string of the molecule is CC(C)(C)CNCc1cccc(C(=O)O)n1. The van der Waals surface area contributed by atoms with Gasteiger partial charge in [0, 0.05) is 13.1 Å². The smallest absolute Gasteiger partial charge is 0.354 e. The first-order valence-electron chi connectivity index (χ1n) is 5.28. The summed E-state index contributed by atoms with van der Waals surface area (Å²) in [4.78, 5) is 14.7. The van der Waals surface area contributed by atoms with E-state index in [4.69, 9.17) is 5.11 Å². The van der Waals surface area contributed by atoms with Crippen LogP contribution in [-0.4, -0.2) is 22.6 Å². The summed E-state index contributed by atoms with van der Waals surface area (Å²) >= 11 is 0. The van der Waals surface area contributed by atoms with Crippen LogP contribution < -0.4 is 5.32 Å². The molecule has 0 aliphatic carbocycles. The van der Waals surface area contributed by atoms with Crippen molar-refractivity contribution in [3.05, 3.63) is 29.6 Å². The Labute approximate surface area is 95.7 Å². The average Bonchev–Trinajstić information content (AvgIpc) is 2.16. The van der Waals surface area contributed by atoms with Gasteiger partial charge in [0.15, 0.2) is 0 Å². The van der Waals surface area contributed by atoms with Gasteiger partial charge in [-0.3, -0.25) is 0 Å². The molecule has 0 saturated carbocycles. The number of nitrogens with one attached hydrogen (secondary N) is 1. The second-order valence-electron chi connectivity index (χ2n) is 4.98. The van der Waals surface area contributed by atoms with E-state index >= 15 is 0 Å². The van der Waals surface area contributed by atoms with Gasteiger partial charge in [-0.2, -0.15) is 0 Å². The maximum Gasteiger partial charge on any atom is 0.354 e. The Morgan fingerprint density at radius 3 is 2.69 bits per heavy atom. The van der Waals surface area contributed by atoms with Crippen molar-refractivity contribution in [3.63, 3.8) is 0 Å². The lowest BCUT2D eigenvalue weighted by Crippen LogP contribution is -2.26. The summed E-state index contributed by atoms with van der Waals surface area (Å²) in [5, 5.41) is 12.0. The molecule has 0 saturated heterocycles. The molecule has 1 heterocycles. The van der Waals surface area contributed by atoms with Crippen molar-refractivity contribution in [1.82, 2.24) is 10.3 Å². The molecule has 4 nitrogen and oxygen atoms in total. The van der Waals surface area contributed by atoms with E-state index < -0.39 is 5.97 Å². The largest absolute Gasteiger partial charge is 0.477 e. The van der Waals surface area contributed by atoms with E-state index in [1.165, 1.54) is 6.07 Å². The molecule has 0 fully saturated rings. The zero-order chi connectivity index (χ0) is 12.2. The topological polar surface area (TPSA) is 62.2 Å². The van der Waals surface area contributed by atoms with E-state index in [2.05, 4.69) is 31.1 Å². The van der Waals surface area contributed by atoms with Gasteiger partial charge in [-0.15, -0.1) is 0 Å². The summed E-state index contributed by atoms with van der Waals surface area (Å²) in [5.74, 6) is -0.988. The molecule has 1 aromatic heterocycles. The van der Waals surface area contributed by atoms with Crippen molar-refractivity contribution in [1.29, 1.82) is 0 Å². The number of hydrogen-bond donors (Lipinski definition) is 2. The molecule has 0 radical (unpaired) electrons. The fraction of sp³-hybridized carbons (Fsp3) is 0.500. The molecule has 0 unspecified atom stereocenters. The lowest BCUT2D eigenvalue weighted by molar-refractivity contribution is 0.0690. The predicted octanol–water partition coefficient (Wildman–Crippen LogP) is 1.92. The van der Waals surface area contributed by atoms with Crippen molar-refractivity contribution in [3.8, 4) is 0 Å². The van der Waals surface area contributed by atoms with Crippen molar-refractivity contribution >= 4 is 5.97 Å². The van der Waals surface area contributed by atoms with E-state index in [0.29, 0.717) is 6.54 Å². The normalized spacial score (nSPS) is 11.4. The number of aromatic nitrogens is 1. The van der Waals surface area contributed by atoms with Crippen molar-refractivity contribution in [2.75, 3.05) is 6.54 Å². The van der Waals surface area contributed by atoms with Crippen LogP contribution in [0.4, 0.5) is 0 Å². The Kier molecular flexibility index (Phi) is 4.01. The van der Waals surface area contributed by atoms with Crippen LogP contribution in [0.1, 0.15) is 37.0 Å². The Morgan fingerprint density at radius 2 is 2.12 bits per heavy atom. The third-order valence-electron chi connectivity index (χ3n) is 1.99. The van der Waals surface area contributed by atoms with Gasteiger partial charge in [0.2, 0.25) is 0 Å². The third-order valence-corrected chi connectivity index (χ3v) is 1.99. The monoisotopic (exact) mass is 222 g/mol. The highest BCUT2D eigenvalue weighted by Gasteiger charge is 2.09. The third kappa shape index (κ3) is 4.40. The molecule has 16 heavy (non-hydrogen) atoms. The van der Waals surface area contributed by atoms with Crippen molar-refractivity contribution in [2.24, 2.45) is 5.41 Å². The van der Waals surface area contributed by atoms with E-state index in [1.807, 2.05) is 6.07 Å². The molecule has 88 valence electrons. The van der Waals surface area contributed by atoms with Gasteiger partial charge < -0.3 is 10.4 Å². The second kappa shape index (κ2) is 5.07. The Morgan fingerprint density at radius 1 is 1.44 bits per heavy atom. The zero-order valence-electron chi connectivity index (χ0n) is 9.95. The Balaban J connectivity index is 2.55. The van der Waals surface area contributed by atoms with Crippen molar-refractivity contribution < 1.29 is 9.90 Å². The Hall–Kier alpha value is -1.42. The van der Waals surface area contributed by atoms with Crippen LogP contribution in [-0.2, 0) is 6.54 Å². The summed E-state index contributed by atoms with van der Waals surface area (Å²) < 4.78 is 0. The lowest BCUT2D eigenvalue weighted by Gasteiger charge is -2.18. The first-order chi connectivity index (χ1) is 7.38. The number of aromatic carboxylic acids is 1.